The molecule has 2 saturated carbocycles. The topological polar surface area (TPSA) is 57.5 Å². The van der Waals surface area contributed by atoms with E-state index in [2.05, 4.69) is 12.2 Å². The fourth-order valence-electron chi connectivity index (χ4n) is 5.09. The summed E-state index contributed by atoms with van der Waals surface area (Å²) in [5.41, 5.74) is 1.46. The average Bonchev–Trinajstić information content (AvgIpc) is 3.18. The monoisotopic (exact) mass is 342 g/mol. The van der Waals surface area contributed by atoms with Crippen molar-refractivity contribution in [2.24, 2.45) is 17.3 Å². The molecule has 0 saturated heterocycles. The number of carbonyl (C=O) groups is 1. The van der Waals surface area contributed by atoms with Crippen molar-refractivity contribution in [3.05, 3.63) is 42.0 Å². The van der Waals surface area contributed by atoms with Crippen LogP contribution in [0, 0.1) is 17.3 Å². The number of aliphatic carboxylic acids is 1. The molecule has 0 amide bonds. The molecule has 1 aromatic rings. The predicted molar refractivity (Wildman–Crippen MR) is 99.6 cm³/mol. The van der Waals surface area contributed by atoms with Crippen LogP contribution in [0.15, 0.2) is 36.4 Å². The van der Waals surface area contributed by atoms with Gasteiger partial charge in [0, 0.05) is 5.92 Å². The van der Waals surface area contributed by atoms with Crippen molar-refractivity contribution in [2.45, 2.75) is 64.2 Å². The van der Waals surface area contributed by atoms with Gasteiger partial charge in [-0.15, -0.1) is 0 Å². The molecule has 3 heteroatoms. The minimum Gasteiger partial charge on any atom is -0.508 e. The minimum absolute atomic E-state index is 0.0942. The zero-order valence-corrected chi connectivity index (χ0v) is 15.2. The molecule has 1 aromatic carbocycles. The van der Waals surface area contributed by atoms with Crippen molar-refractivity contribution in [1.82, 2.24) is 0 Å². The Bertz CT molecular complexity index is 626. The summed E-state index contributed by atoms with van der Waals surface area (Å²) >= 11 is 0. The molecule has 2 atom stereocenters. The number of rotatable bonds is 8. The number of hydrogen-bond acceptors (Lipinski definition) is 2. The van der Waals surface area contributed by atoms with Gasteiger partial charge in [-0.05, 0) is 80.4 Å². The standard InChI is InChI=1S/C22H30O3/c1-2-19(21(24)25)20(17-6-5-7-18(23)14-17)8-3-4-11-22-12-9-16(15-22)10-13-22/h3-7,14,16,19-20,23H,2,8-13,15H2,1H3,(H,24,25). The third-order valence-electron chi connectivity index (χ3n) is 6.54. The largest absolute Gasteiger partial charge is 0.508 e. The lowest BCUT2D eigenvalue weighted by atomic mass is 9.80. The molecule has 0 aromatic heterocycles. The van der Waals surface area contributed by atoms with Gasteiger partial charge in [-0.3, -0.25) is 4.79 Å². The molecule has 2 bridgehead atoms. The van der Waals surface area contributed by atoms with E-state index < -0.39 is 11.9 Å². The van der Waals surface area contributed by atoms with Crippen molar-refractivity contribution < 1.29 is 15.0 Å². The zero-order chi connectivity index (χ0) is 17.9. The maximum Gasteiger partial charge on any atom is 0.307 e. The van der Waals surface area contributed by atoms with Gasteiger partial charge in [-0.1, -0.05) is 31.2 Å². The lowest BCUT2D eigenvalue weighted by molar-refractivity contribution is -0.142. The number of fused-ring (bicyclic) bond motifs is 2. The molecular formula is C22H30O3. The van der Waals surface area contributed by atoms with Crippen LogP contribution in [0.4, 0.5) is 0 Å². The van der Waals surface area contributed by atoms with Crippen molar-refractivity contribution in [3.63, 3.8) is 0 Å². The van der Waals surface area contributed by atoms with Gasteiger partial charge < -0.3 is 10.2 Å². The molecule has 0 spiro atoms. The first kappa shape index (κ1) is 18.0. The quantitative estimate of drug-likeness (QED) is 0.613. The highest BCUT2D eigenvalue weighted by Crippen LogP contribution is 2.56. The van der Waals surface area contributed by atoms with Crippen LogP contribution in [-0.2, 0) is 4.79 Å². The molecule has 136 valence electrons. The maximum atomic E-state index is 11.7. The summed E-state index contributed by atoms with van der Waals surface area (Å²) in [6.45, 7) is 1.93. The highest BCUT2D eigenvalue weighted by molar-refractivity contribution is 5.71. The lowest BCUT2D eigenvalue weighted by Crippen LogP contribution is -2.21. The van der Waals surface area contributed by atoms with Crippen LogP contribution < -0.4 is 0 Å². The van der Waals surface area contributed by atoms with E-state index in [4.69, 9.17) is 0 Å². The molecule has 2 N–H and O–H groups in total. The van der Waals surface area contributed by atoms with Crippen LogP contribution >= 0.6 is 0 Å². The fraction of sp³-hybridized carbons (Fsp3) is 0.591. The first-order valence-electron chi connectivity index (χ1n) is 9.70. The molecule has 3 nitrogen and oxygen atoms in total. The molecule has 0 aliphatic heterocycles. The summed E-state index contributed by atoms with van der Waals surface area (Å²) < 4.78 is 0. The Morgan fingerprint density at radius 3 is 2.64 bits per heavy atom. The smallest absolute Gasteiger partial charge is 0.307 e. The molecule has 2 aliphatic rings. The Hall–Kier alpha value is -1.77. The zero-order valence-electron chi connectivity index (χ0n) is 15.2. The second-order valence-corrected chi connectivity index (χ2v) is 8.11. The first-order chi connectivity index (χ1) is 12.0. The highest BCUT2D eigenvalue weighted by Gasteiger charge is 2.43. The summed E-state index contributed by atoms with van der Waals surface area (Å²) in [4.78, 5) is 11.7. The molecule has 2 unspecified atom stereocenters. The van der Waals surface area contributed by atoms with Gasteiger partial charge in [0.15, 0.2) is 0 Å². The van der Waals surface area contributed by atoms with Crippen LogP contribution in [0.3, 0.4) is 0 Å². The van der Waals surface area contributed by atoms with Crippen molar-refractivity contribution >= 4 is 5.97 Å². The van der Waals surface area contributed by atoms with Crippen LogP contribution in [0.1, 0.15) is 69.8 Å². The van der Waals surface area contributed by atoms with E-state index in [0.29, 0.717) is 18.3 Å². The molecular weight excluding hydrogens is 312 g/mol. The lowest BCUT2D eigenvalue weighted by Gasteiger charge is -2.25. The minimum atomic E-state index is -0.753. The van der Waals surface area contributed by atoms with E-state index in [1.165, 1.54) is 32.1 Å². The van der Waals surface area contributed by atoms with Gasteiger partial charge in [0.1, 0.15) is 5.75 Å². The normalized spacial score (nSPS) is 27.6. The molecule has 0 heterocycles. The van der Waals surface area contributed by atoms with Crippen LogP contribution in [0.5, 0.6) is 5.75 Å². The molecule has 0 radical (unpaired) electrons. The molecule has 2 aliphatic carbocycles. The van der Waals surface area contributed by atoms with Gasteiger partial charge in [0.2, 0.25) is 0 Å². The van der Waals surface area contributed by atoms with Gasteiger partial charge in [-0.25, -0.2) is 0 Å². The summed E-state index contributed by atoms with van der Waals surface area (Å²) in [5.74, 6) is -0.106. The van der Waals surface area contributed by atoms with Gasteiger partial charge in [0.25, 0.3) is 0 Å². The Labute approximate surface area is 150 Å². The van der Waals surface area contributed by atoms with E-state index in [1.807, 2.05) is 13.0 Å². The second-order valence-electron chi connectivity index (χ2n) is 8.11. The third-order valence-corrected chi connectivity index (χ3v) is 6.54. The average molecular weight is 342 g/mol. The maximum absolute atomic E-state index is 11.7. The number of carboxylic acid groups (broad SMARTS) is 1. The van der Waals surface area contributed by atoms with E-state index in [-0.39, 0.29) is 11.7 Å². The second kappa shape index (κ2) is 7.63. The fourth-order valence-corrected chi connectivity index (χ4v) is 5.09. The van der Waals surface area contributed by atoms with E-state index in [0.717, 1.165) is 17.9 Å². The first-order valence-corrected chi connectivity index (χ1v) is 9.70. The van der Waals surface area contributed by atoms with Gasteiger partial charge >= 0.3 is 5.97 Å². The molecule has 25 heavy (non-hydrogen) atoms. The van der Waals surface area contributed by atoms with Crippen molar-refractivity contribution in [1.29, 1.82) is 0 Å². The number of phenols is 1. The van der Waals surface area contributed by atoms with Crippen LogP contribution in [-0.4, -0.2) is 16.2 Å². The van der Waals surface area contributed by atoms with Crippen LogP contribution in [0.25, 0.3) is 0 Å². The summed E-state index contributed by atoms with van der Waals surface area (Å²) in [7, 11) is 0. The number of allylic oxidation sites excluding steroid dienone is 2. The Balaban J connectivity index is 1.69. The number of phenolic OH excluding ortho intramolecular Hbond substituents is 1. The number of hydrogen-bond donors (Lipinski definition) is 2. The summed E-state index contributed by atoms with van der Waals surface area (Å²) in [6, 6.07) is 7.07. The molecule has 3 rings (SSSR count). The number of carboxylic acids is 1. The van der Waals surface area contributed by atoms with Crippen molar-refractivity contribution in [3.8, 4) is 5.75 Å². The SMILES string of the molecule is CCC(C(=O)O)C(CC=CCC12CCC(CC1)C2)c1cccc(O)c1. The number of benzene rings is 1. The Morgan fingerprint density at radius 1 is 1.32 bits per heavy atom. The van der Waals surface area contributed by atoms with E-state index in [9.17, 15) is 15.0 Å². The Morgan fingerprint density at radius 2 is 2.08 bits per heavy atom. The number of aromatic hydroxyl groups is 1. The van der Waals surface area contributed by atoms with E-state index >= 15 is 0 Å². The molecule has 2 fully saturated rings. The summed E-state index contributed by atoms with van der Waals surface area (Å²) in [6.07, 6.45) is 13.8. The van der Waals surface area contributed by atoms with Crippen molar-refractivity contribution in [2.75, 3.05) is 0 Å². The van der Waals surface area contributed by atoms with Gasteiger partial charge in [-0.2, -0.15) is 0 Å². The van der Waals surface area contributed by atoms with Crippen LogP contribution in [0.2, 0.25) is 0 Å². The highest BCUT2D eigenvalue weighted by atomic mass is 16.4. The predicted octanol–water partition coefficient (Wildman–Crippen LogP) is 5.50. The van der Waals surface area contributed by atoms with Gasteiger partial charge in [0.05, 0.1) is 5.92 Å². The Kier molecular flexibility index (Phi) is 5.51. The van der Waals surface area contributed by atoms with E-state index in [1.54, 1.807) is 18.2 Å². The summed E-state index contributed by atoms with van der Waals surface area (Å²) in [5, 5.41) is 19.4. The third kappa shape index (κ3) is 4.08.